The Kier molecular flexibility index (Phi) is 7.22. The highest BCUT2D eigenvalue weighted by atomic mass is 15.1. The quantitative estimate of drug-likeness (QED) is 0.167. The maximum Gasteiger partial charge on any atom is 0.0468 e. The van der Waals surface area contributed by atoms with Crippen molar-refractivity contribution in [2.45, 2.75) is 0 Å². The van der Waals surface area contributed by atoms with E-state index in [-0.39, 0.29) is 0 Å². The SMILES string of the molecule is c1ccc(-c2cc(-c3ccccc3)c3c4ccccc4c4cc(N(c5ccccc5)c5ccccc5)ccc4c3c2-c2ccccc2)cc1. The maximum absolute atomic E-state index is 2.43. The smallest absolute Gasteiger partial charge is 0.0468 e. The summed E-state index contributed by atoms with van der Waals surface area (Å²) in [5.74, 6) is 0. The van der Waals surface area contributed by atoms with Crippen molar-refractivity contribution in [1.82, 2.24) is 0 Å². The van der Waals surface area contributed by atoms with Gasteiger partial charge in [0.25, 0.3) is 0 Å². The van der Waals surface area contributed by atoms with Crippen LogP contribution in [0.5, 0.6) is 0 Å². The highest BCUT2D eigenvalue weighted by molar-refractivity contribution is 6.33. The predicted molar refractivity (Wildman–Crippen MR) is 210 cm³/mol. The first-order valence-corrected chi connectivity index (χ1v) is 16.9. The van der Waals surface area contributed by atoms with Crippen molar-refractivity contribution in [2.75, 3.05) is 4.90 Å². The van der Waals surface area contributed by atoms with Gasteiger partial charge in [0.1, 0.15) is 0 Å². The Bertz CT molecular complexity index is 2520. The molecular formula is C48H33N. The fraction of sp³-hybridized carbons (Fsp3) is 0. The molecule has 0 N–H and O–H groups in total. The van der Waals surface area contributed by atoms with Crippen LogP contribution in [0.25, 0.3) is 65.7 Å². The van der Waals surface area contributed by atoms with E-state index < -0.39 is 0 Å². The second kappa shape index (κ2) is 12.3. The summed E-state index contributed by atoms with van der Waals surface area (Å²) in [6.07, 6.45) is 0. The van der Waals surface area contributed by atoms with Gasteiger partial charge >= 0.3 is 0 Å². The number of nitrogens with zero attached hydrogens (tertiary/aromatic N) is 1. The van der Waals surface area contributed by atoms with Crippen LogP contribution in [0.2, 0.25) is 0 Å². The maximum atomic E-state index is 2.43. The molecule has 9 aromatic rings. The molecule has 0 bridgehead atoms. The van der Waals surface area contributed by atoms with Crippen molar-refractivity contribution < 1.29 is 0 Å². The fourth-order valence-electron chi connectivity index (χ4n) is 7.48. The molecule has 230 valence electrons. The number of rotatable bonds is 6. The number of hydrogen-bond acceptors (Lipinski definition) is 1. The summed E-state index contributed by atoms with van der Waals surface area (Å²) in [4.78, 5) is 2.35. The highest BCUT2D eigenvalue weighted by Crippen LogP contribution is 2.50. The van der Waals surface area contributed by atoms with Gasteiger partial charge in [0.2, 0.25) is 0 Å². The molecule has 0 radical (unpaired) electrons. The molecule has 0 atom stereocenters. The first-order valence-electron chi connectivity index (χ1n) is 16.9. The second-order valence-corrected chi connectivity index (χ2v) is 12.5. The second-order valence-electron chi connectivity index (χ2n) is 12.5. The van der Waals surface area contributed by atoms with E-state index in [2.05, 4.69) is 205 Å². The first kappa shape index (κ1) is 28.8. The van der Waals surface area contributed by atoms with Crippen molar-refractivity contribution in [1.29, 1.82) is 0 Å². The van der Waals surface area contributed by atoms with E-state index in [0.717, 1.165) is 17.1 Å². The standard InChI is InChI=1S/C48H33N/c1-6-18-34(19-7-1)43-33-44(35-20-8-2-9-21-35)47-41-29-17-16-28-40(41)45-32-39(30-31-42(45)48(47)46(43)36-22-10-3-11-23-36)49(37-24-12-4-13-25-37)38-26-14-5-15-27-38/h1-33H. The fourth-order valence-corrected chi connectivity index (χ4v) is 7.48. The lowest BCUT2D eigenvalue weighted by Crippen LogP contribution is -2.09. The van der Waals surface area contributed by atoms with Crippen LogP contribution in [0, 0.1) is 0 Å². The molecule has 0 amide bonds. The van der Waals surface area contributed by atoms with E-state index in [0.29, 0.717) is 0 Å². The lowest BCUT2D eigenvalue weighted by atomic mass is 9.81. The summed E-state index contributed by atoms with van der Waals surface area (Å²) < 4.78 is 0. The lowest BCUT2D eigenvalue weighted by molar-refractivity contribution is 1.29. The Balaban J connectivity index is 1.47. The Labute approximate surface area is 287 Å². The van der Waals surface area contributed by atoms with E-state index in [1.807, 2.05) is 0 Å². The minimum absolute atomic E-state index is 1.12. The van der Waals surface area contributed by atoms with Gasteiger partial charge in [0.05, 0.1) is 0 Å². The average molecular weight is 624 g/mol. The topological polar surface area (TPSA) is 3.24 Å². The van der Waals surface area contributed by atoms with Crippen LogP contribution in [0.3, 0.4) is 0 Å². The van der Waals surface area contributed by atoms with Gasteiger partial charge in [-0.1, -0.05) is 158 Å². The third-order valence-corrected chi connectivity index (χ3v) is 9.61. The lowest BCUT2D eigenvalue weighted by Gasteiger charge is -2.27. The van der Waals surface area contributed by atoms with Crippen LogP contribution < -0.4 is 4.90 Å². The van der Waals surface area contributed by atoms with Gasteiger partial charge in [-0.2, -0.15) is 0 Å². The van der Waals surface area contributed by atoms with Crippen molar-refractivity contribution >= 4 is 49.4 Å². The molecule has 0 saturated carbocycles. The van der Waals surface area contributed by atoms with Gasteiger partial charge in [-0.3, -0.25) is 0 Å². The number of fused-ring (bicyclic) bond motifs is 6. The number of anilines is 3. The Morgan fingerprint density at radius 3 is 1.29 bits per heavy atom. The number of hydrogen-bond donors (Lipinski definition) is 0. The molecule has 0 aliphatic rings. The highest BCUT2D eigenvalue weighted by Gasteiger charge is 2.22. The molecule has 0 saturated heterocycles. The van der Waals surface area contributed by atoms with Crippen molar-refractivity contribution in [3.63, 3.8) is 0 Å². The van der Waals surface area contributed by atoms with E-state index in [4.69, 9.17) is 0 Å². The molecule has 0 fully saturated rings. The van der Waals surface area contributed by atoms with Crippen LogP contribution in [0.4, 0.5) is 17.1 Å². The van der Waals surface area contributed by atoms with Gasteiger partial charge < -0.3 is 4.90 Å². The van der Waals surface area contributed by atoms with E-state index in [1.54, 1.807) is 0 Å². The minimum Gasteiger partial charge on any atom is -0.310 e. The van der Waals surface area contributed by atoms with Crippen molar-refractivity contribution in [3.8, 4) is 33.4 Å². The van der Waals surface area contributed by atoms with Gasteiger partial charge in [0, 0.05) is 17.1 Å². The zero-order valence-electron chi connectivity index (χ0n) is 27.0. The molecule has 0 aromatic heterocycles. The Morgan fingerprint density at radius 2 is 0.714 bits per heavy atom. The summed E-state index contributed by atoms with van der Waals surface area (Å²) in [6.45, 7) is 0. The van der Waals surface area contributed by atoms with E-state index >= 15 is 0 Å². The molecule has 1 heteroatoms. The van der Waals surface area contributed by atoms with Crippen LogP contribution in [0.1, 0.15) is 0 Å². The summed E-state index contributed by atoms with van der Waals surface area (Å²) in [6, 6.07) is 72.4. The van der Waals surface area contributed by atoms with Crippen LogP contribution in [-0.4, -0.2) is 0 Å². The molecule has 0 aliphatic heterocycles. The number of benzene rings is 9. The number of para-hydroxylation sites is 2. The zero-order valence-corrected chi connectivity index (χ0v) is 27.0. The summed E-state index contributed by atoms with van der Waals surface area (Å²) in [5, 5.41) is 7.53. The predicted octanol–water partition coefficient (Wildman–Crippen LogP) is 13.6. The molecule has 9 aromatic carbocycles. The van der Waals surface area contributed by atoms with Crippen LogP contribution >= 0.6 is 0 Å². The minimum atomic E-state index is 1.12. The van der Waals surface area contributed by atoms with Crippen molar-refractivity contribution in [3.05, 3.63) is 200 Å². The van der Waals surface area contributed by atoms with E-state index in [9.17, 15) is 0 Å². The average Bonchev–Trinajstić information content (AvgIpc) is 3.19. The van der Waals surface area contributed by atoms with Crippen LogP contribution in [0.15, 0.2) is 200 Å². The third kappa shape index (κ3) is 5.04. The summed E-state index contributed by atoms with van der Waals surface area (Å²) in [5.41, 5.74) is 10.7. The monoisotopic (exact) mass is 623 g/mol. The first-order chi connectivity index (χ1) is 24.3. The Morgan fingerprint density at radius 1 is 0.265 bits per heavy atom. The van der Waals surface area contributed by atoms with Gasteiger partial charge in [0.15, 0.2) is 0 Å². The molecule has 0 aliphatic carbocycles. The Hall–Kier alpha value is -6.44. The van der Waals surface area contributed by atoms with E-state index in [1.165, 1.54) is 65.7 Å². The largest absolute Gasteiger partial charge is 0.310 e. The molecular weight excluding hydrogens is 591 g/mol. The molecule has 49 heavy (non-hydrogen) atoms. The molecule has 0 spiro atoms. The normalized spacial score (nSPS) is 11.3. The molecule has 9 rings (SSSR count). The molecule has 0 unspecified atom stereocenters. The zero-order chi connectivity index (χ0) is 32.6. The van der Waals surface area contributed by atoms with Gasteiger partial charge in [-0.05, 0) is 108 Å². The van der Waals surface area contributed by atoms with Crippen LogP contribution in [-0.2, 0) is 0 Å². The summed E-state index contributed by atoms with van der Waals surface area (Å²) in [7, 11) is 0. The van der Waals surface area contributed by atoms with Crippen molar-refractivity contribution in [2.24, 2.45) is 0 Å². The molecule has 0 heterocycles. The van der Waals surface area contributed by atoms with Gasteiger partial charge in [-0.15, -0.1) is 0 Å². The van der Waals surface area contributed by atoms with Gasteiger partial charge in [-0.25, -0.2) is 0 Å². The summed E-state index contributed by atoms with van der Waals surface area (Å²) >= 11 is 0. The third-order valence-electron chi connectivity index (χ3n) is 9.61. The molecule has 1 nitrogen and oxygen atoms in total.